The van der Waals surface area contributed by atoms with Crippen LogP contribution >= 0.6 is 15.9 Å². The van der Waals surface area contributed by atoms with Crippen LogP contribution in [0.2, 0.25) is 0 Å². The topological polar surface area (TPSA) is 29.3 Å². The zero-order valence-electron chi connectivity index (χ0n) is 11.0. The van der Waals surface area contributed by atoms with E-state index in [-0.39, 0.29) is 6.04 Å². The molecule has 0 saturated carbocycles. The smallest absolute Gasteiger partial charge is 0.0415 e. The molecule has 0 bridgehead atoms. The molecule has 96 valence electrons. The fraction of sp³-hybridized carbons (Fsp3) is 0.571. The van der Waals surface area contributed by atoms with Crippen LogP contribution in [0.15, 0.2) is 22.7 Å². The SMILES string of the molecule is CCCN(CCC)c1ccc(Br)cc1C(C)N. The molecule has 0 radical (unpaired) electrons. The van der Waals surface area contributed by atoms with Crippen LogP contribution in [0.1, 0.15) is 45.2 Å². The van der Waals surface area contributed by atoms with Gasteiger partial charge in [-0.2, -0.15) is 0 Å². The van der Waals surface area contributed by atoms with Crippen LogP contribution in [0.4, 0.5) is 5.69 Å². The third-order valence-electron chi connectivity index (χ3n) is 2.81. The summed E-state index contributed by atoms with van der Waals surface area (Å²) in [6, 6.07) is 6.48. The van der Waals surface area contributed by atoms with Gasteiger partial charge in [-0.25, -0.2) is 0 Å². The normalized spacial score (nSPS) is 12.5. The fourth-order valence-electron chi connectivity index (χ4n) is 2.07. The van der Waals surface area contributed by atoms with Crippen molar-refractivity contribution in [2.45, 2.75) is 39.7 Å². The Hall–Kier alpha value is -0.540. The van der Waals surface area contributed by atoms with Gasteiger partial charge in [0.1, 0.15) is 0 Å². The van der Waals surface area contributed by atoms with E-state index >= 15 is 0 Å². The number of hydrogen-bond acceptors (Lipinski definition) is 2. The lowest BCUT2D eigenvalue weighted by Gasteiger charge is -2.27. The average molecular weight is 299 g/mol. The number of halogens is 1. The molecular formula is C14H23BrN2. The van der Waals surface area contributed by atoms with Crippen LogP contribution < -0.4 is 10.6 Å². The van der Waals surface area contributed by atoms with Crippen LogP contribution in [0.25, 0.3) is 0 Å². The van der Waals surface area contributed by atoms with Crippen LogP contribution in [0.3, 0.4) is 0 Å². The molecule has 0 spiro atoms. The van der Waals surface area contributed by atoms with Crippen molar-refractivity contribution in [1.82, 2.24) is 0 Å². The number of rotatable bonds is 6. The molecular weight excluding hydrogens is 276 g/mol. The van der Waals surface area contributed by atoms with E-state index in [1.54, 1.807) is 0 Å². The van der Waals surface area contributed by atoms with E-state index in [0.29, 0.717) is 0 Å². The zero-order valence-corrected chi connectivity index (χ0v) is 12.6. The number of hydrogen-bond donors (Lipinski definition) is 1. The van der Waals surface area contributed by atoms with E-state index in [9.17, 15) is 0 Å². The Labute approximate surface area is 113 Å². The molecule has 0 aliphatic carbocycles. The lowest BCUT2D eigenvalue weighted by atomic mass is 10.1. The molecule has 1 unspecified atom stereocenters. The lowest BCUT2D eigenvalue weighted by molar-refractivity contribution is 0.727. The Morgan fingerprint density at radius 3 is 2.29 bits per heavy atom. The predicted molar refractivity (Wildman–Crippen MR) is 79.5 cm³/mol. The largest absolute Gasteiger partial charge is 0.371 e. The number of nitrogens with two attached hydrogens (primary N) is 1. The summed E-state index contributed by atoms with van der Waals surface area (Å²) in [4.78, 5) is 2.44. The van der Waals surface area contributed by atoms with E-state index in [2.05, 4.69) is 52.9 Å². The van der Waals surface area contributed by atoms with Crippen molar-refractivity contribution in [3.63, 3.8) is 0 Å². The molecule has 0 saturated heterocycles. The minimum Gasteiger partial charge on any atom is -0.371 e. The Morgan fingerprint density at radius 2 is 1.82 bits per heavy atom. The molecule has 0 amide bonds. The monoisotopic (exact) mass is 298 g/mol. The molecule has 0 heterocycles. The Kier molecular flexibility index (Phi) is 6.00. The van der Waals surface area contributed by atoms with Crippen molar-refractivity contribution in [3.8, 4) is 0 Å². The van der Waals surface area contributed by atoms with E-state index in [0.717, 1.165) is 30.4 Å². The highest BCUT2D eigenvalue weighted by Crippen LogP contribution is 2.28. The van der Waals surface area contributed by atoms with Gasteiger partial charge in [-0.3, -0.25) is 0 Å². The molecule has 2 nitrogen and oxygen atoms in total. The second-order valence-corrected chi connectivity index (χ2v) is 5.39. The van der Waals surface area contributed by atoms with Crippen molar-refractivity contribution in [1.29, 1.82) is 0 Å². The molecule has 17 heavy (non-hydrogen) atoms. The van der Waals surface area contributed by atoms with Crippen LogP contribution in [-0.2, 0) is 0 Å². The molecule has 0 aliphatic heterocycles. The molecule has 1 rings (SSSR count). The summed E-state index contributed by atoms with van der Waals surface area (Å²) in [5.41, 5.74) is 8.57. The molecule has 2 N–H and O–H groups in total. The van der Waals surface area contributed by atoms with E-state index in [1.807, 2.05) is 6.92 Å². The van der Waals surface area contributed by atoms with Gasteiger partial charge in [-0.15, -0.1) is 0 Å². The van der Waals surface area contributed by atoms with Gasteiger partial charge >= 0.3 is 0 Å². The third kappa shape index (κ3) is 4.00. The molecule has 1 aromatic rings. The Bertz CT molecular complexity index is 344. The highest BCUT2D eigenvalue weighted by Gasteiger charge is 2.13. The number of anilines is 1. The van der Waals surface area contributed by atoms with Crippen molar-refractivity contribution in [3.05, 3.63) is 28.2 Å². The van der Waals surface area contributed by atoms with E-state index < -0.39 is 0 Å². The summed E-state index contributed by atoms with van der Waals surface area (Å²) in [5, 5.41) is 0. The first kappa shape index (κ1) is 14.5. The van der Waals surface area contributed by atoms with Gasteiger partial charge in [0.15, 0.2) is 0 Å². The summed E-state index contributed by atoms with van der Waals surface area (Å²) >= 11 is 3.52. The standard InChI is InChI=1S/C14H23BrN2/c1-4-8-17(9-5-2)14-7-6-12(15)10-13(14)11(3)16/h6-7,10-11H,4-5,8-9,16H2,1-3H3. The molecule has 0 aliphatic rings. The molecule has 1 aromatic carbocycles. The summed E-state index contributed by atoms with van der Waals surface area (Å²) < 4.78 is 1.10. The first-order valence-corrected chi connectivity index (χ1v) is 7.19. The van der Waals surface area contributed by atoms with Crippen molar-refractivity contribution in [2.75, 3.05) is 18.0 Å². The maximum absolute atomic E-state index is 6.07. The molecule has 0 aromatic heterocycles. The van der Waals surface area contributed by atoms with Crippen LogP contribution in [0, 0.1) is 0 Å². The third-order valence-corrected chi connectivity index (χ3v) is 3.30. The predicted octanol–water partition coefficient (Wildman–Crippen LogP) is 4.10. The summed E-state index contributed by atoms with van der Waals surface area (Å²) in [5.74, 6) is 0. The van der Waals surface area contributed by atoms with Gasteiger partial charge in [-0.1, -0.05) is 29.8 Å². The lowest BCUT2D eigenvalue weighted by Crippen LogP contribution is -2.27. The Balaban J connectivity index is 3.07. The first-order chi connectivity index (χ1) is 8.10. The van der Waals surface area contributed by atoms with Gasteiger partial charge in [0, 0.05) is 29.3 Å². The van der Waals surface area contributed by atoms with Gasteiger partial charge in [-0.05, 0) is 43.5 Å². The fourth-order valence-corrected chi connectivity index (χ4v) is 2.45. The first-order valence-electron chi connectivity index (χ1n) is 6.40. The van der Waals surface area contributed by atoms with Crippen LogP contribution in [-0.4, -0.2) is 13.1 Å². The van der Waals surface area contributed by atoms with Gasteiger partial charge in [0.2, 0.25) is 0 Å². The molecule has 0 fully saturated rings. The van der Waals surface area contributed by atoms with Crippen LogP contribution in [0.5, 0.6) is 0 Å². The quantitative estimate of drug-likeness (QED) is 0.857. The maximum Gasteiger partial charge on any atom is 0.0415 e. The molecule has 3 heteroatoms. The van der Waals surface area contributed by atoms with Gasteiger partial charge < -0.3 is 10.6 Å². The highest BCUT2D eigenvalue weighted by molar-refractivity contribution is 9.10. The minimum absolute atomic E-state index is 0.0683. The maximum atomic E-state index is 6.07. The number of benzene rings is 1. The second kappa shape index (κ2) is 7.02. The Morgan fingerprint density at radius 1 is 1.24 bits per heavy atom. The zero-order chi connectivity index (χ0) is 12.8. The summed E-state index contributed by atoms with van der Waals surface area (Å²) in [6.45, 7) is 8.66. The van der Waals surface area contributed by atoms with E-state index in [1.165, 1.54) is 11.3 Å². The van der Waals surface area contributed by atoms with Crippen molar-refractivity contribution in [2.24, 2.45) is 5.73 Å². The van der Waals surface area contributed by atoms with Gasteiger partial charge in [0.25, 0.3) is 0 Å². The van der Waals surface area contributed by atoms with Crippen molar-refractivity contribution < 1.29 is 0 Å². The van der Waals surface area contributed by atoms with E-state index in [4.69, 9.17) is 5.73 Å². The van der Waals surface area contributed by atoms with Crippen molar-refractivity contribution >= 4 is 21.6 Å². The minimum atomic E-state index is 0.0683. The average Bonchev–Trinajstić information content (AvgIpc) is 2.28. The highest BCUT2D eigenvalue weighted by atomic mass is 79.9. The second-order valence-electron chi connectivity index (χ2n) is 4.48. The summed E-state index contributed by atoms with van der Waals surface area (Å²) in [7, 11) is 0. The number of nitrogens with zero attached hydrogens (tertiary/aromatic N) is 1. The summed E-state index contributed by atoms with van der Waals surface area (Å²) in [6.07, 6.45) is 2.32. The van der Waals surface area contributed by atoms with Gasteiger partial charge in [0.05, 0.1) is 0 Å². The molecule has 1 atom stereocenters.